The van der Waals surface area contributed by atoms with E-state index in [9.17, 15) is 19.5 Å². The van der Waals surface area contributed by atoms with Gasteiger partial charge in [0.2, 0.25) is 0 Å². The van der Waals surface area contributed by atoms with Crippen molar-refractivity contribution < 1.29 is 19.2 Å². The molecule has 158 valence electrons. The zero-order valence-electron chi connectivity index (χ0n) is 16.2. The maximum absolute atomic E-state index is 12.9. The molecular weight excluding hydrogens is 404 g/mol. The van der Waals surface area contributed by atoms with E-state index in [0.717, 1.165) is 18.4 Å². The van der Waals surface area contributed by atoms with E-state index in [1.807, 2.05) is 18.2 Å². The minimum atomic E-state index is -1.19. The highest BCUT2D eigenvalue weighted by molar-refractivity contribution is 6.44. The van der Waals surface area contributed by atoms with Crippen molar-refractivity contribution in [3.63, 3.8) is 0 Å². The summed E-state index contributed by atoms with van der Waals surface area (Å²) in [5.74, 6) is -1.27. The molecule has 0 bridgehead atoms. The Labute approximate surface area is 175 Å². The second-order valence-corrected chi connectivity index (χ2v) is 7.56. The molecule has 1 aromatic heterocycles. The van der Waals surface area contributed by atoms with Crippen LogP contribution in [0.2, 0.25) is 0 Å². The Hall–Kier alpha value is -4.02. The lowest BCUT2D eigenvalue weighted by Crippen LogP contribution is -2.43. The second-order valence-electron chi connectivity index (χ2n) is 7.56. The van der Waals surface area contributed by atoms with Gasteiger partial charge in [0, 0.05) is 36.2 Å². The Morgan fingerprint density at radius 3 is 2.97 bits per heavy atom. The minimum Gasteiger partial charge on any atom is -0.477 e. The molecule has 1 saturated carbocycles. The van der Waals surface area contributed by atoms with E-state index in [2.05, 4.69) is 30.1 Å². The van der Waals surface area contributed by atoms with Gasteiger partial charge in [0.25, 0.3) is 5.91 Å². The zero-order chi connectivity index (χ0) is 21.5. The number of fused-ring (bicyclic) bond motifs is 2. The van der Waals surface area contributed by atoms with E-state index < -0.39 is 17.6 Å². The lowest BCUT2D eigenvalue weighted by atomic mass is 9.86. The fourth-order valence-electron chi connectivity index (χ4n) is 4.28. The van der Waals surface area contributed by atoms with Crippen molar-refractivity contribution in [2.24, 2.45) is 21.9 Å². The molecule has 1 fully saturated rings. The molecule has 1 aromatic rings. The van der Waals surface area contributed by atoms with Crippen LogP contribution in [-0.4, -0.2) is 50.1 Å². The largest absolute Gasteiger partial charge is 0.477 e. The standard InChI is InChI=1S/C20H18N6O5/c27-18(14-9-15(19(28)29)26-16(22-14)2-1-7-21-26)23-13-6-4-10-8-11(3-5-12(10)13)17-24-20(30)31-25-17/h2-3,5,7-10,12-13H,1,4,6H2,(H,23,27)(H,28,29)(H,24,25,30). The minimum absolute atomic E-state index is 0.0386. The van der Waals surface area contributed by atoms with Crippen LogP contribution in [0.25, 0.3) is 5.57 Å². The number of carboxylic acids is 1. The van der Waals surface area contributed by atoms with Crippen molar-refractivity contribution in [3.8, 4) is 0 Å². The number of carboxylic acid groups (broad SMARTS) is 1. The Balaban J connectivity index is 1.32. The van der Waals surface area contributed by atoms with Crippen molar-refractivity contribution in [2.75, 3.05) is 0 Å². The van der Waals surface area contributed by atoms with Crippen LogP contribution in [0.3, 0.4) is 0 Å². The molecule has 4 aliphatic rings. The molecule has 2 aliphatic carbocycles. The smallest absolute Gasteiger partial charge is 0.439 e. The number of carbonyl (C=O) groups excluding carboxylic acids is 1. The van der Waals surface area contributed by atoms with Gasteiger partial charge in [0.1, 0.15) is 5.71 Å². The van der Waals surface area contributed by atoms with Gasteiger partial charge in [0.15, 0.2) is 17.3 Å². The molecule has 1 amide bonds. The van der Waals surface area contributed by atoms with Crippen molar-refractivity contribution >= 4 is 29.4 Å². The number of aromatic amines is 1. The van der Waals surface area contributed by atoms with Crippen LogP contribution >= 0.6 is 0 Å². The number of aliphatic carboxylic acids is 1. The first-order chi connectivity index (χ1) is 15.0. The van der Waals surface area contributed by atoms with Gasteiger partial charge in [-0.3, -0.25) is 14.3 Å². The summed E-state index contributed by atoms with van der Waals surface area (Å²) in [6, 6.07) is -0.122. The topological polar surface area (TPSA) is 153 Å². The first kappa shape index (κ1) is 19.0. The molecule has 5 rings (SSSR count). The number of hydrogen-bond donors (Lipinski definition) is 3. The number of allylic oxidation sites excluding steroid dienone is 4. The highest BCUT2D eigenvalue weighted by atomic mass is 16.5. The molecule has 2 aliphatic heterocycles. The van der Waals surface area contributed by atoms with Crippen molar-refractivity contribution in [3.05, 3.63) is 58.3 Å². The van der Waals surface area contributed by atoms with E-state index in [1.165, 1.54) is 11.1 Å². The van der Waals surface area contributed by atoms with Crippen molar-refractivity contribution in [2.45, 2.75) is 25.3 Å². The summed E-state index contributed by atoms with van der Waals surface area (Å²) in [5.41, 5.74) is 0.685. The van der Waals surface area contributed by atoms with Gasteiger partial charge in [-0.15, -0.1) is 0 Å². The van der Waals surface area contributed by atoms with Crippen LogP contribution in [-0.2, 0) is 9.59 Å². The Morgan fingerprint density at radius 1 is 1.32 bits per heavy atom. The van der Waals surface area contributed by atoms with Gasteiger partial charge in [-0.05, 0) is 24.8 Å². The predicted molar refractivity (Wildman–Crippen MR) is 109 cm³/mol. The SMILES string of the molecule is O=C(O)C1=CC(C(=O)NC2CCC3C=C(c4noc(=O)[nH]4)C=CC32)=NC2=CCC=NN21. The number of carbonyl (C=O) groups is 2. The van der Waals surface area contributed by atoms with E-state index in [4.69, 9.17) is 0 Å². The van der Waals surface area contributed by atoms with Crippen molar-refractivity contribution in [1.29, 1.82) is 0 Å². The number of aliphatic imine (C=N–C) groups is 1. The van der Waals surface area contributed by atoms with Gasteiger partial charge in [-0.2, -0.15) is 5.10 Å². The summed E-state index contributed by atoms with van der Waals surface area (Å²) in [4.78, 5) is 42.5. The molecular formula is C20H18N6O5. The fraction of sp³-hybridized carbons (Fsp3) is 0.300. The lowest BCUT2D eigenvalue weighted by molar-refractivity contribution is -0.134. The number of hydrazone groups is 1. The van der Waals surface area contributed by atoms with E-state index in [1.54, 1.807) is 12.3 Å². The van der Waals surface area contributed by atoms with Gasteiger partial charge in [-0.1, -0.05) is 23.4 Å². The Kier molecular flexibility index (Phi) is 4.50. The quantitative estimate of drug-likeness (QED) is 0.648. The molecule has 11 nitrogen and oxygen atoms in total. The molecule has 3 heterocycles. The van der Waals surface area contributed by atoms with Crippen LogP contribution < -0.4 is 11.1 Å². The average Bonchev–Trinajstić information content (AvgIpc) is 3.38. The number of H-pyrrole nitrogens is 1. The number of nitrogens with one attached hydrogen (secondary N) is 2. The van der Waals surface area contributed by atoms with Gasteiger partial charge >= 0.3 is 11.7 Å². The first-order valence-electron chi connectivity index (χ1n) is 9.83. The summed E-state index contributed by atoms with van der Waals surface area (Å²) in [5, 5.41) is 21.4. The number of hydrogen-bond acceptors (Lipinski definition) is 8. The molecule has 0 radical (unpaired) electrons. The van der Waals surface area contributed by atoms with E-state index >= 15 is 0 Å². The maximum atomic E-state index is 12.9. The van der Waals surface area contributed by atoms with Crippen LogP contribution in [0.5, 0.6) is 0 Å². The average molecular weight is 422 g/mol. The third-order valence-corrected chi connectivity index (χ3v) is 5.70. The molecule has 0 spiro atoms. The summed E-state index contributed by atoms with van der Waals surface area (Å²) in [6.45, 7) is 0. The summed E-state index contributed by atoms with van der Waals surface area (Å²) in [6.07, 6.45) is 12.5. The van der Waals surface area contributed by atoms with Crippen LogP contribution in [0.1, 0.15) is 25.1 Å². The molecule has 31 heavy (non-hydrogen) atoms. The van der Waals surface area contributed by atoms with E-state index in [-0.39, 0.29) is 29.3 Å². The molecule has 0 saturated heterocycles. The number of amides is 1. The molecule has 3 unspecified atom stereocenters. The molecule has 3 N–H and O–H groups in total. The van der Waals surface area contributed by atoms with Crippen molar-refractivity contribution in [1.82, 2.24) is 20.5 Å². The molecule has 0 aromatic carbocycles. The van der Waals surface area contributed by atoms with Crippen LogP contribution in [0.4, 0.5) is 0 Å². The number of rotatable bonds is 4. The number of aromatic nitrogens is 2. The fourth-order valence-corrected chi connectivity index (χ4v) is 4.28. The van der Waals surface area contributed by atoms with E-state index in [0.29, 0.717) is 18.1 Å². The monoisotopic (exact) mass is 422 g/mol. The summed E-state index contributed by atoms with van der Waals surface area (Å²) >= 11 is 0. The maximum Gasteiger partial charge on any atom is 0.439 e. The van der Waals surface area contributed by atoms with Gasteiger partial charge < -0.3 is 10.4 Å². The Bertz CT molecular complexity index is 1200. The second kappa shape index (κ2) is 7.35. The molecule has 3 atom stereocenters. The van der Waals surface area contributed by atoms with Crippen LogP contribution in [0, 0.1) is 11.8 Å². The third kappa shape index (κ3) is 3.43. The highest BCUT2D eigenvalue weighted by Gasteiger charge is 2.37. The Morgan fingerprint density at radius 2 is 2.19 bits per heavy atom. The summed E-state index contributed by atoms with van der Waals surface area (Å²) in [7, 11) is 0. The van der Waals surface area contributed by atoms with Crippen LogP contribution in [0.15, 0.2) is 61.3 Å². The number of nitrogens with zero attached hydrogens (tertiary/aromatic N) is 4. The summed E-state index contributed by atoms with van der Waals surface area (Å²) < 4.78 is 4.56. The third-order valence-electron chi connectivity index (χ3n) is 5.70. The first-order valence-corrected chi connectivity index (χ1v) is 9.83. The van der Waals surface area contributed by atoms with Gasteiger partial charge in [-0.25, -0.2) is 19.6 Å². The molecule has 11 heteroatoms. The zero-order valence-corrected chi connectivity index (χ0v) is 16.2. The van der Waals surface area contributed by atoms with Gasteiger partial charge in [0.05, 0.1) is 0 Å². The predicted octanol–water partition coefficient (Wildman–Crippen LogP) is 0.783. The lowest BCUT2D eigenvalue weighted by Gasteiger charge is -2.27. The highest BCUT2D eigenvalue weighted by Crippen LogP contribution is 2.39. The normalized spacial score (nSPS) is 26.3.